The molecule has 1 N–H and O–H groups in total. The second-order valence-corrected chi connectivity index (χ2v) is 4.99. The summed E-state index contributed by atoms with van der Waals surface area (Å²) in [6, 6.07) is 0.579. The number of nitrogens with zero attached hydrogens (tertiary/aromatic N) is 1. The Hall–Kier alpha value is -0.120. The molecule has 1 rings (SSSR count). The smallest absolute Gasteiger partial charge is 0.0556 e. The van der Waals surface area contributed by atoms with Gasteiger partial charge in [0.05, 0.1) is 13.2 Å². The normalized spacial score (nSPS) is 29.4. The second-order valence-electron chi connectivity index (χ2n) is 4.99. The van der Waals surface area contributed by atoms with Crippen LogP contribution in [0.25, 0.3) is 0 Å². The molecule has 3 nitrogen and oxygen atoms in total. The minimum absolute atomic E-state index is 0.0174. The molecule has 90 valence electrons. The van der Waals surface area contributed by atoms with E-state index in [0.29, 0.717) is 12.6 Å². The fourth-order valence-electron chi connectivity index (χ4n) is 2.21. The van der Waals surface area contributed by atoms with Crippen molar-refractivity contribution in [1.82, 2.24) is 4.90 Å². The molecule has 0 saturated carbocycles. The minimum Gasteiger partial charge on any atom is -0.396 e. The van der Waals surface area contributed by atoms with Crippen LogP contribution in [0.4, 0.5) is 0 Å². The van der Waals surface area contributed by atoms with E-state index < -0.39 is 0 Å². The summed E-state index contributed by atoms with van der Waals surface area (Å²) in [7, 11) is 2.14. The van der Waals surface area contributed by atoms with Crippen molar-refractivity contribution in [3.05, 3.63) is 0 Å². The second kappa shape index (κ2) is 5.83. The highest BCUT2D eigenvalue weighted by molar-refractivity contribution is 4.85. The van der Waals surface area contributed by atoms with Gasteiger partial charge in [-0.1, -0.05) is 6.92 Å². The van der Waals surface area contributed by atoms with Crippen LogP contribution in [0.1, 0.15) is 33.1 Å². The summed E-state index contributed by atoms with van der Waals surface area (Å²) in [5.41, 5.74) is -0.0174. The van der Waals surface area contributed by atoms with Crippen LogP contribution in [-0.2, 0) is 4.74 Å². The van der Waals surface area contributed by atoms with E-state index in [1.807, 2.05) is 0 Å². The van der Waals surface area contributed by atoms with Crippen LogP contribution in [0.5, 0.6) is 0 Å². The van der Waals surface area contributed by atoms with Gasteiger partial charge in [0.1, 0.15) is 0 Å². The van der Waals surface area contributed by atoms with E-state index in [-0.39, 0.29) is 12.0 Å². The number of aliphatic hydroxyl groups is 1. The van der Waals surface area contributed by atoms with Crippen LogP contribution in [-0.4, -0.2) is 49.5 Å². The van der Waals surface area contributed by atoms with Crippen molar-refractivity contribution in [3.63, 3.8) is 0 Å². The van der Waals surface area contributed by atoms with E-state index in [1.165, 1.54) is 0 Å². The Kier molecular flexibility index (Phi) is 5.03. The number of rotatable bonds is 5. The Bertz CT molecular complexity index is 178. The van der Waals surface area contributed by atoms with Crippen LogP contribution in [0.3, 0.4) is 0 Å². The molecule has 0 aromatic rings. The third kappa shape index (κ3) is 3.44. The Morgan fingerprint density at radius 3 is 2.73 bits per heavy atom. The first kappa shape index (κ1) is 12.9. The van der Waals surface area contributed by atoms with Gasteiger partial charge < -0.3 is 14.7 Å². The average Bonchev–Trinajstić information content (AvgIpc) is 2.29. The Labute approximate surface area is 93.4 Å². The SMILES string of the molecule is CCC(C)N(C)CC1(CO)CCCOC1. The number of hydrogen-bond donors (Lipinski definition) is 1. The fraction of sp³-hybridized carbons (Fsp3) is 1.00. The van der Waals surface area contributed by atoms with Crippen molar-refractivity contribution >= 4 is 0 Å². The average molecular weight is 215 g/mol. The molecular formula is C12H25NO2. The van der Waals surface area contributed by atoms with E-state index in [9.17, 15) is 5.11 Å². The first-order valence-corrected chi connectivity index (χ1v) is 6.02. The van der Waals surface area contributed by atoms with Crippen LogP contribution in [0.15, 0.2) is 0 Å². The lowest BCUT2D eigenvalue weighted by Gasteiger charge is -2.40. The predicted molar refractivity (Wildman–Crippen MR) is 62.0 cm³/mol. The Morgan fingerprint density at radius 2 is 2.27 bits per heavy atom. The molecule has 1 aliphatic heterocycles. The lowest BCUT2D eigenvalue weighted by molar-refractivity contribution is -0.0563. The molecule has 0 aromatic heterocycles. The maximum Gasteiger partial charge on any atom is 0.0556 e. The number of hydrogen-bond acceptors (Lipinski definition) is 3. The highest BCUT2D eigenvalue weighted by Crippen LogP contribution is 2.29. The monoisotopic (exact) mass is 215 g/mol. The molecule has 0 bridgehead atoms. The van der Waals surface area contributed by atoms with Crippen molar-refractivity contribution < 1.29 is 9.84 Å². The molecule has 0 radical (unpaired) electrons. The summed E-state index contributed by atoms with van der Waals surface area (Å²) in [4.78, 5) is 2.34. The molecule has 0 spiro atoms. The molecule has 1 aliphatic rings. The van der Waals surface area contributed by atoms with E-state index in [2.05, 4.69) is 25.8 Å². The molecule has 1 fully saturated rings. The maximum atomic E-state index is 9.54. The van der Waals surface area contributed by atoms with Crippen LogP contribution >= 0.6 is 0 Å². The lowest BCUT2D eigenvalue weighted by atomic mass is 9.82. The van der Waals surface area contributed by atoms with Crippen molar-refractivity contribution in [2.45, 2.75) is 39.2 Å². The van der Waals surface area contributed by atoms with Crippen molar-refractivity contribution in [1.29, 1.82) is 0 Å². The number of aliphatic hydroxyl groups excluding tert-OH is 1. The molecule has 2 unspecified atom stereocenters. The van der Waals surface area contributed by atoms with Gasteiger partial charge in [0.15, 0.2) is 0 Å². The van der Waals surface area contributed by atoms with Gasteiger partial charge in [-0.2, -0.15) is 0 Å². The molecule has 3 heteroatoms. The fourth-order valence-corrected chi connectivity index (χ4v) is 2.21. The summed E-state index contributed by atoms with van der Waals surface area (Å²) in [5.74, 6) is 0. The standard InChI is InChI=1S/C12H25NO2/c1-4-11(2)13(3)8-12(9-14)6-5-7-15-10-12/h11,14H,4-10H2,1-3H3. The van der Waals surface area contributed by atoms with Gasteiger partial charge in [0, 0.05) is 24.6 Å². The van der Waals surface area contributed by atoms with Crippen LogP contribution in [0.2, 0.25) is 0 Å². The van der Waals surface area contributed by atoms with Crippen molar-refractivity contribution in [2.24, 2.45) is 5.41 Å². The zero-order valence-corrected chi connectivity index (χ0v) is 10.3. The maximum absolute atomic E-state index is 9.54. The molecule has 2 atom stereocenters. The van der Waals surface area contributed by atoms with Gasteiger partial charge in [0.2, 0.25) is 0 Å². The first-order valence-electron chi connectivity index (χ1n) is 6.02. The third-order valence-electron chi connectivity index (χ3n) is 3.67. The van der Waals surface area contributed by atoms with E-state index >= 15 is 0 Å². The Balaban J connectivity index is 2.51. The highest BCUT2D eigenvalue weighted by Gasteiger charge is 2.34. The van der Waals surface area contributed by atoms with E-state index in [1.54, 1.807) is 0 Å². The van der Waals surface area contributed by atoms with Crippen molar-refractivity contribution in [2.75, 3.05) is 33.4 Å². The molecule has 15 heavy (non-hydrogen) atoms. The van der Waals surface area contributed by atoms with Gasteiger partial charge in [0.25, 0.3) is 0 Å². The summed E-state index contributed by atoms with van der Waals surface area (Å²) in [6.45, 7) is 7.18. The van der Waals surface area contributed by atoms with Crippen molar-refractivity contribution in [3.8, 4) is 0 Å². The molecule has 0 amide bonds. The molecular weight excluding hydrogens is 190 g/mol. The summed E-state index contributed by atoms with van der Waals surface area (Å²) < 4.78 is 5.50. The topological polar surface area (TPSA) is 32.7 Å². The first-order chi connectivity index (χ1) is 7.13. The molecule has 0 aliphatic carbocycles. The quantitative estimate of drug-likeness (QED) is 0.754. The third-order valence-corrected chi connectivity index (χ3v) is 3.67. The van der Waals surface area contributed by atoms with E-state index in [0.717, 1.165) is 32.4 Å². The van der Waals surface area contributed by atoms with Gasteiger partial charge in [-0.05, 0) is 33.2 Å². The lowest BCUT2D eigenvalue weighted by Crippen LogP contribution is -2.46. The Morgan fingerprint density at radius 1 is 1.53 bits per heavy atom. The summed E-state index contributed by atoms with van der Waals surface area (Å²) in [6.07, 6.45) is 3.32. The zero-order chi connectivity index (χ0) is 11.3. The van der Waals surface area contributed by atoms with E-state index in [4.69, 9.17) is 4.74 Å². The summed E-state index contributed by atoms with van der Waals surface area (Å²) in [5, 5.41) is 9.54. The zero-order valence-electron chi connectivity index (χ0n) is 10.3. The van der Waals surface area contributed by atoms with Gasteiger partial charge in [-0.25, -0.2) is 0 Å². The largest absolute Gasteiger partial charge is 0.396 e. The van der Waals surface area contributed by atoms with Gasteiger partial charge in [-0.15, -0.1) is 0 Å². The molecule has 1 saturated heterocycles. The van der Waals surface area contributed by atoms with Crippen LogP contribution in [0, 0.1) is 5.41 Å². The predicted octanol–water partition coefficient (Wildman–Crippen LogP) is 1.51. The van der Waals surface area contributed by atoms with Gasteiger partial charge in [-0.3, -0.25) is 0 Å². The minimum atomic E-state index is -0.0174. The number of ether oxygens (including phenoxy) is 1. The highest BCUT2D eigenvalue weighted by atomic mass is 16.5. The van der Waals surface area contributed by atoms with Crippen LogP contribution < -0.4 is 0 Å². The summed E-state index contributed by atoms with van der Waals surface area (Å²) >= 11 is 0. The molecule has 0 aromatic carbocycles. The van der Waals surface area contributed by atoms with Gasteiger partial charge >= 0.3 is 0 Å². The molecule has 1 heterocycles.